The number of carbonyl (C=O) groups excluding carboxylic acids is 1. The van der Waals surface area contributed by atoms with E-state index in [4.69, 9.17) is 15.9 Å². The van der Waals surface area contributed by atoms with Gasteiger partial charge in [-0.25, -0.2) is 0 Å². The maximum absolute atomic E-state index is 10.8. The van der Waals surface area contributed by atoms with Gasteiger partial charge in [0.1, 0.15) is 17.9 Å². The monoisotopic (exact) mass is 296 g/mol. The van der Waals surface area contributed by atoms with Crippen molar-refractivity contribution in [3.8, 4) is 0 Å². The third-order valence-corrected chi connectivity index (χ3v) is 4.23. The number of carboxylic acid groups (broad SMARTS) is 2. The first-order valence-electron chi connectivity index (χ1n) is 5.03. The van der Waals surface area contributed by atoms with Crippen LogP contribution >= 0.6 is 21.6 Å². The molecule has 0 aliphatic rings. The quantitative estimate of drug-likeness (QED) is 0.309. The Balaban J connectivity index is 3.87. The molecule has 0 aliphatic carbocycles. The van der Waals surface area contributed by atoms with E-state index in [2.05, 4.69) is 5.32 Å². The van der Waals surface area contributed by atoms with Gasteiger partial charge in [-0.15, -0.1) is 0 Å². The van der Waals surface area contributed by atoms with Gasteiger partial charge in [0.25, 0.3) is 0 Å². The summed E-state index contributed by atoms with van der Waals surface area (Å²) in [5, 5.41) is 20.0. The molecule has 0 saturated carbocycles. The van der Waals surface area contributed by atoms with Gasteiger partial charge in [0.15, 0.2) is 0 Å². The van der Waals surface area contributed by atoms with Crippen molar-refractivity contribution < 1.29 is 24.6 Å². The van der Waals surface area contributed by atoms with E-state index in [1.165, 1.54) is 28.5 Å². The van der Waals surface area contributed by atoms with Crippen molar-refractivity contribution in [1.82, 2.24) is 5.32 Å². The summed E-state index contributed by atoms with van der Waals surface area (Å²) in [6.07, 6.45) is 0. The van der Waals surface area contributed by atoms with Gasteiger partial charge in [-0.05, 0) is 6.92 Å². The molecule has 104 valence electrons. The summed E-state index contributed by atoms with van der Waals surface area (Å²) in [5.74, 6) is -1.87. The second-order valence-corrected chi connectivity index (χ2v) is 6.04. The number of ketones is 1. The van der Waals surface area contributed by atoms with E-state index in [0.717, 1.165) is 0 Å². The van der Waals surface area contributed by atoms with E-state index in [0.29, 0.717) is 0 Å². The highest BCUT2D eigenvalue weighted by molar-refractivity contribution is 8.76. The minimum atomic E-state index is -1.09. The fourth-order valence-corrected chi connectivity index (χ4v) is 3.10. The standard InChI is InChI=1S/C9H16N2O5S2/c1-5(12)2-11-7(9(15)16)4-18-17-3-6(10)8(13)14/h6-7,11H,2-4,10H2,1H3,(H,13,14)(H,15,16)/t6?,7-/m0/s1. The van der Waals surface area contributed by atoms with Gasteiger partial charge in [-0.1, -0.05) is 21.6 Å². The van der Waals surface area contributed by atoms with Crippen LogP contribution in [0.15, 0.2) is 0 Å². The van der Waals surface area contributed by atoms with Crippen molar-refractivity contribution in [1.29, 1.82) is 0 Å². The predicted octanol–water partition coefficient (Wildman–Crippen LogP) is -0.588. The first-order chi connectivity index (χ1) is 8.34. The Morgan fingerprint density at radius 1 is 1.17 bits per heavy atom. The van der Waals surface area contributed by atoms with Crippen LogP contribution in [0.1, 0.15) is 6.92 Å². The van der Waals surface area contributed by atoms with Crippen molar-refractivity contribution in [3.05, 3.63) is 0 Å². The molecule has 9 heteroatoms. The van der Waals surface area contributed by atoms with Crippen molar-refractivity contribution >= 4 is 39.3 Å². The number of hydrogen-bond donors (Lipinski definition) is 4. The number of nitrogens with one attached hydrogen (secondary N) is 1. The molecular weight excluding hydrogens is 280 g/mol. The molecule has 0 saturated heterocycles. The van der Waals surface area contributed by atoms with Gasteiger partial charge < -0.3 is 15.9 Å². The first-order valence-corrected chi connectivity index (χ1v) is 7.51. The minimum Gasteiger partial charge on any atom is -0.480 e. The summed E-state index contributed by atoms with van der Waals surface area (Å²) < 4.78 is 0. The van der Waals surface area contributed by atoms with Crippen molar-refractivity contribution in [2.24, 2.45) is 5.73 Å². The summed E-state index contributed by atoms with van der Waals surface area (Å²) in [6.45, 7) is 1.36. The first kappa shape index (κ1) is 17.2. The van der Waals surface area contributed by atoms with Crippen molar-refractivity contribution in [2.75, 3.05) is 18.1 Å². The van der Waals surface area contributed by atoms with Crippen LogP contribution in [0.2, 0.25) is 0 Å². The topological polar surface area (TPSA) is 130 Å². The third kappa shape index (κ3) is 8.34. The predicted molar refractivity (Wildman–Crippen MR) is 70.6 cm³/mol. The maximum atomic E-state index is 10.8. The lowest BCUT2D eigenvalue weighted by Gasteiger charge is -2.13. The number of nitrogens with two attached hydrogens (primary N) is 1. The number of hydrogen-bond acceptors (Lipinski definition) is 7. The minimum absolute atomic E-state index is 0.00314. The highest BCUT2D eigenvalue weighted by Gasteiger charge is 2.18. The van der Waals surface area contributed by atoms with E-state index >= 15 is 0 Å². The molecule has 0 spiro atoms. The molecule has 1 unspecified atom stereocenters. The Morgan fingerprint density at radius 3 is 2.17 bits per heavy atom. The molecule has 0 aromatic heterocycles. The smallest absolute Gasteiger partial charge is 0.321 e. The molecule has 2 atom stereocenters. The van der Waals surface area contributed by atoms with Gasteiger partial charge in [0.05, 0.1) is 6.54 Å². The van der Waals surface area contributed by atoms with E-state index in [1.54, 1.807) is 0 Å². The second kappa shape index (κ2) is 9.20. The number of Topliss-reactive ketones (excluding diaryl/α,β-unsaturated/α-hetero) is 1. The molecule has 5 N–H and O–H groups in total. The fraction of sp³-hybridized carbons (Fsp3) is 0.667. The fourth-order valence-electron chi connectivity index (χ4n) is 0.793. The van der Waals surface area contributed by atoms with Crippen LogP contribution < -0.4 is 11.1 Å². The molecule has 0 aromatic rings. The molecule has 7 nitrogen and oxygen atoms in total. The van der Waals surface area contributed by atoms with Crippen LogP contribution in [0, 0.1) is 0 Å². The maximum Gasteiger partial charge on any atom is 0.321 e. The zero-order chi connectivity index (χ0) is 14.1. The van der Waals surface area contributed by atoms with Crippen LogP contribution in [0.5, 0.6) is 0 Å². The molecule has 0 aromatic carbocycles. The van der Waals surface area contributed by atoms with Crippen LogP contribution in [0.4, 0.5) is 0 Å². The molecular formula is C9H16N2O5S2. The lowest BCUT2D eigenvalue weighted by molar-refractivity contribution is -0.139. The normalized spacial score (nSPS) is 13.9. The molecule has 0 bridgehead atoms. The van der Waals surface area contributed by atoms with Gasteiger partial charge in [0.2, 0.25) is 0 Å². The Labute approximate surface area is 112 Å². The lowest BCUT2D eigenvalue weighted by atomic mass is 10.3. The van der Waals surface area contributed by atoms with Crippen LogP contribution in [-0.4, -0.2) is 58.1 Å². The summed E-state index contributed by atoms with van der Waals surface area (Å²) in [5.41, 5.74) is 5.28. The van der Waals surface area contributed by atoms with Crippen molar-refractivity contribution in [3.63, 3.8) is 0 Å². The highest BCUT2D eigenvalue weighted by atomic mass is 33.1. The molecule has 0 fully saturated rings. The largest absolute Gasteiger partial charge is 0.480 e. The molecule has 0 aliphatic heterocycles. The second-order valence-electron chi connectivity index (χ2n) is 3.49. The number of rotatable bonds is 10. The molecule has 0 heterocycles. The number of carboxylic acids is 2. The molecule has 0 amide bonds. The van der Waals surface area contributed by atoms with E-state index in [-0.39, 0.29) is 23.8 Å². The van der Waals surface area contributed by atoms with Gasteiger partial charge in [-0.2, -0.15) is 0 Å². The Hall–Kier alpha value is -0.770. The summed E-state index contributed by atoms with van der Waals surface area (Å²) >= 11 is 0. The van der Waals surface area contributed by atoms with E-state index in [1.807, 2.05) is 0 Å². The van der Waals surface area contributed by atoms with E-state index in [9.17, 15) is 14.4 Å². The molecule has 18 heavy (non-hydrogen) atoms. The van der Waals surface area contributed by atoms with Crippen LogP contribution in [-0.2, 0) is 14.4 Å². The molecule has 0 radical (unpaired) electrons. The lowest BCUT2D eigenvalue weighted by Crippen LogP contribution is -2.41. The third-order valence-electron chi connectivity index (χ3n) is 1.78. The summed E-state index contributed by atoms with van der Waals surface area (Å²) in [6, 6.07) is -1.80. The number of carbonyl (C=O) groups is 3. The van der Waals surface area contributed by atoms with Gasteiger partial charge in [-0.3, -0.25) is 19.7 Å². The SMILES string of the molecule is CC(=O)CN[C@@H](CSSCC(N)C(=O)O)C(=O)O. The average molecular weight is 296 g/mol. The Kier molecular flexibility index (Phi) is 8.81. The zero-order valence-corrected chi connectivity index (χ0v) is 11.4. The average Bonchev–Trinajstić information content (AvgIpc) is 2.26. The van der Waals surface area contributed by atoms with Crippen molar-refractivity contribution in [2.45, 2.75) is 19.0 Å². The number of aliphatic carboxylic acids is 2. The highest BCUT2D eigenvalue weighted by Crippen LogP contribution is 2.22. The summed E-state index contributed by atoms with van der Waals surface area (Å²) in [4.78, 5) is 32.0. The zero-order valence-electron chi connectivity index (χ0n) is 9.79. The van der Waals surface area contributed by atoms with Crippen LogP contribution in [0.3, 0.4) is 0 Å². The summed E-state index contributed by atoms with van der Waals surface area (Å²) in [7, 11) is 2.40. The van der Waals surface area contributed by atoms with Gasteiger partial charge >= 0.3 is 11.9 Å². The van der Waals surface area contributed by atoms with Gasteiger partial charge in [0, 0.05) is 11.5 Å². The Bertz CT molecular complexity index is 313. The van der Waals surface area contributed by atoms with Crippen LogP contribution in [0.25, 0.3) is 0 Å². The Morgan fingerprint density at radius 2 is 1.72 bits per heavy atom. The van der Waals surface area contributed by atoms with E-state index < -0.39 is 24.0 Å². The molecule has 0 rings (SSSR count).